The molecule has 70 valence electrons. The lowest BCUT2D eigenvalue weighted by Gasteiger charge is -2.02. The van der Waals surface area contributed by atoms with Crippen LogP contribution >= 0.6 is 0 Å². The molecule has 0 saturated heterocycles. The molecule has 1 aromatic heterocycles. The van der Waals surface area contributed by atoms with E-state index in [2.05, 4.69) is 4.98 Å². The summed E-state index contributed by atoms with van der Waals surface area (Å²) in [5.41, 5.74) is -0.0315. The molecule has 0 aliphatic carbocycles. The topological polar surface area (TPSA) is 59.4 Å². The Bertz CT molecular complexity index is 299. The van der Waals surface area contributed by atoms with E-state index in [4.69, 9.17) is 4.74 Å². The zero-order chi connectivity index (χ0) is 9.68. The van der Waals surface area contributed by atoms with Crippen LogP contribution in [0.4, 0.5) is 0 Å². The van der Waals surface area contributed by atoms with Crippen LogP contribution < -0.4 is 0 Å². The largest absolute Gasteiger partial charge is 0.505 e. The van der Waals surface area contributed by atoms with Gasteiger partial charge < -0.3 is 9.84 Å². The van der Waals surface area contributed by atoms with E-state index in [-0.39, 0.29) is 11.4 Å². The average molecular weight is 181 g/mol. The minimum absolute atomic E-state index is 0.0315. The van der Waals surface area contributed by atoms with Crippen LogP contribution in [0.2, 0.25) is 0 Å². The summed E-state index contributed by atoms with van der Waals surface area (Å²) in [6.07, 6.45) is 2.18. The Morgan fingerprint density at radius 1 is 1.69 bits per heavy atom. The van der Waals surface area contributed by atoms with Crippen molar-refractivity contribution in [2.75, 3.05) is 6.61 Å². The molecule has 0 atom stereocenters. The molecule has 1 rings (SSSR count). The van der Waals surface area contributed by atoms with Gasteiger partial charge in [0.2, 0.25) is 0 Å². The SMILES string of the molecule is CCCOC(=O)c1ncccc1O. The van der Waals surface area contributed by atoms with Gasteiger partial charge in [0.05, 0.1) is 6.61 Å². The van der Waals surface area contributed by atoms with E-state index in [1.54, 1.807) is 6.07 Å². The first kappa shape index (κ1) is 9.51. The molecule has 0 fully saturated rings. The first-order valence-corrected chi connectivity index (χ1v) is 4.06. The van der Waals surface area contributed by atoms with Crippen LogP contribution in [0, 0.1) is 0 Å². The molecule has 0 aliphatic heterocycles. The third-order valence-corrected chi connectivity index (χ3v) is 1.42. The highest BCUT2D eigenvalue weighted by Gasteiger charge is 2.12. The summed E-state index contributed by atoms with van der Waals surface area (Å²) < 4.78 is 4.80. The molecular formula is C9H11NO3. The Hall–Kier alpha value is -1.58. The van der Waals surface area contributed by atoms with E-state index in [0.29, 0.717) is 6.61 Å². The summed E-state index contributed by atoms with van der Waals surface area (Å²) in [7, 11) is 0. The third-order valence-electron chi connectivity index (χ3n) is 1.42. The van der Waals surface area contributed by atoms with Crippen LogP contribution in [0.25, 0.3) is 0 Å². The van der Waals surface area contributed by atoms with Gasteiger partial charge in [-0.1, -0.05) is 6.92 Å². The lowest BCUT2D eigenvalue weighted by molar-refractivity contribution is 0.0494. The van der Waals surface area contributed by atoms with Gasteiger partial charge in [-0.2, -0.15) is 0 Å². The molecule has 0 bridgehead atoms. The van der Waals surface area contributed by atoms with E-state index in [0.717, 1.165) is 6.42 Å². The van der Waals surface area contributed by atoms with Crippen LogP contribution in [-0.2, 0) is 4.74 Å². The number of rotatable bonds is 3. The Morgan fingerprint density at radius 2 is 2.46 bits per heavy atom. The lowest BCUT2D eigenvalue weighted by atomic mass is 10.3. The van der Waals surface area contributed by atoms with Crippen molar-refractivity contribution in [2.45, 2.75) is 13.3 Å². The maximum Gasteiger partial charge on any atom is 0.360 e. The number of ether oxygens (including phenoxy) is 1. The predicted molar refractivity (Wildman–Crippen MR) is 46.5 cm³/mol. The first-order valence-electron chi connectivity index (χ1n) is 4.06. The second kappa shape index (κ2) is 4.45. The fraction of sp³-hybridized carbons (Fsp3) is 0.333. The zero-order valence-electron chi connectivity index (χ0n) is 7.36. The molecule has 1 aromatic rings. The summed E-state index contributed by atoms with van der Waals surface area (Å²) >= 11 is 0. The van der Waals surface area contributed by atoms with E-state index in [1.165, 1.54) is 12.3 Å². The van der Waals surface area contributed by atoms with Crippen LogP contribution in [0.5, 0.6) is 5.75 Å². The van der Waals surface area contributed by atoms with Gasteiger partial charge in [0.25, 0.3) is 0 Å². The van der Waals surface area contributed by atoms with E-state index >= 15 is 0 Å². The molecule has 1 N–H and O–H groups in total. The molecule has 4 nitrogen and oxygen atoms in total. The Balaban J connectivity index is 2.71. The van der Waals surface area contributed by atoms with Crippen molar-refractivity contribution < 1.29 is 14.6 Å². The predicted octanol–water partition coefficient (Wildman–Crippen LogP) is 1.35. The van der Waals surface area contributed by atoms with Crippen molar-refractivity contribution in [1.29, 1.82) is 0 Å². The molecule has 0 amide bonds. The molecule has 0 unspecified atom stereocenters. The zero-order valence-corrected chi connectivity index (χ0v) is 7.36. The Kier molecular flexibility index (Phi) is 3.25. The van der Waals surface area contributed by atoms with Gasteiger partial charge in [0.1, 0.15) is 5.75 Å². The minimum Gasteiger partial charge on any atom is -0.505 e. The number of carbonyl (C=O) groups excluding carboxylic acids is 1. The summed E-state index contributed by atoms with van der Waals surface area (Å²) in [4.78, 5) is 14.9. The molecule has 0 aliphatic rings. The maximum absolute atomic E-state index is 11.2. The fourth-order valence-corrected chi connectivity index (χ4v) is 0.817. The Morgan fingerprint density at radius 3 is 3.08 bits per heavy atom. The van der Waals surface area contributed by atoms with Crippen molar-refractivity contribution in [2.24, 2.45) is 0 Å². The van der Waals surface area contributed by atoms with Gasteiger partial charge in [0.15, 0.2) is 5.69 Å². The van der Waals surface area contributed by atoms with Crippen LogP contribution in [0.3, 0.4) is 0 Å². The van der Waals surface area contributed by atoms with Crippen LogP contribution in [-0.4, -0.2) is 22.7 Å². The maximum atomic E-state index is 11.2. The number of nitrogens with zero attached hydrogens (tertiary/aromatic N) is 1. The fourth-order valence-electron chi connectivity index (χ4n) is 0.817. The number of carbonyl (C=O) groups is 1. The summed E-state index contributed by atoms with van der Waals surface area (Å²) in [6, 6.07) is 2.95. The number of aromatic hydroxyl groups is 1. The number of esters is 1. The first-order chi connectivity index (χ1) is 6.25. The standard InChI is InChI=1S/C9H11NO3/c1-2-6-13-9(12)8-7(11)4-3-5-10-8/h3-5,11H,2,6H2,1H3. The van der Waals surface area contributed by atoms with Gasteiger partial charge in [-0.25, -0.2) is 9.78 Å². The number of aromatic nitrogens is 1. The van der Waals surface area contributed by atoms with Crippen molar-refractivity contribution in [1.82, 2.24) is 4.98 Å². The molecule has 0 saturated carbocycles. The molecule has 1 heterocycles. The smallest absolute Gasteiger partial charge is 0.360 e. The minimum atomic E-state index is -0.583. The van der Waals surface area contributed by atoms with Crippen molar-refractivity contribution in [3.8, 4) is 5.75 Å². The summed E-state index contributed by atoms with van der Waals surface area (Å²) in [5, 5.41) is 9.22. The number of hydrogen-bond donors (Lipinski definition) is 1. The second-order valence-corrected chi connectivity index (χ2v) is 2.51. The highest BCUT2D eigenvalue weighted by Crippen LogP contribution is 2.13. The molecule has 4 heteroatoms. The van der Waals surface area contributed by atoms with Crippen molar-refractivity contribution in [3.63, 3.8) is 0 Å². The summed E-state index contributed by atoms with van der Waals surface area (Å²) in [5.74, 6) is -0.733. The van der Waals surface area contributed by atoms with Gasteiger partial charge in [-0.3, -0.25) is 0 Å². The monoisotopic (exact) mass is 181 g/mol. The van der Waals surface area contributed by atoms with Crippen molar-refractivity contribution in [3.05, 3.63) is 24.0 Å². The lowest BCUT2D eigenvalue weighted by Crippen LogP contribution is -2.07. The van der Waals surface area contributed by atoms with E-state index < -0.39 is 5.97 Å². The van der Waals surface area contributed by atoms with Gasteiger partial charge >= 0.3 is 5.97 Å². The molecule has 0 aromatic carbocycles. The Labute approximate surface area is 76.2 Å². The van der Waals surface area contributed by atoms with Crippen LogP contribution in [0.15, 0.2) is 18.3 Å². The molecule has 0 radical (unpaired) electrons. The number of pyridine rings is 1. The summed E-state index contributed by atoms with van der Waals surface area (Å²) in [6.45, 7) is 2.24. The van der Waals surface area contributed by atoms with Gasteiger partial charge in [-0.15, -0.1) is 0 Å². The van der Waals surface area contributed by atoms with Crippen LogP contribution in [0.1, 0.15) is 23.8 Å². The third kappa shape index (κ3) is 2.43. The molecule has 13 heavy (non-hydrogen) atoms. The quantitative estimate of drug-likeness (QED) is 0.715. The highest BCUT2D eigenvalue weighted by molar-refractivity contribution is 5.89. The normalized spacial score (nSPS) is 9.62. The van der Waals surface area contributed by atoms with E-state index in [9.17, 15) is 9.90 Å². The molecular weight excluding hydrogens is 170 g/mol. The van der Waals surface area contributed by atoms with E-state index in [1.807, 2.05) is 6.92 Å². The second-order valence-electron chi connectivity index (χ2n) is 2.51. The molecule has 0 spiro atoms. The van der Waals surface area contributed by atoms with Crippen molar-refractivity contribution >= 4 is 5.97 Å². The number of hydrogen-bond acceptors (Lipinski definition) is 4. The highest BCUT2D eigenvalue weighted by atomic mass is 16.5. The van der Waals surface area contributed by atoms with Gasteiger partial charge in [0, 0.05) is 6.20 Å². The average Bonchev–Trinajstić information content (AvgIpc) is 2.15. The van der Waals surface area contributed by atoms with Gasteiger partial charge in [-0.05, 0) is 18.6 Å².